The number of likely N-dealkylation sites (tertiary alicyclic amines) is 1. The maximum Gasteiger partial charge on any atom is 0.245 e. The van der Waals surface area contributed by atoms with Crippen molar-refractivity contribution in [1.82, 2.24) is 58.1 Å². The number of nitrogens with zero attached hydrogens (tertiary/aromatic N) is 1. The highest BCUT2D eigenvalue weighted by Crippen LogP contribution is 2.21. The van der Waals surface area contributed by atoms with Gasteiger partial charge in [-0.15, -0.1) is 0 Å². The monoisotopic (exact) mass is 1050 g/mol. The summed E-state index contributed by atoms with van der Waals surface area (Å²) in [5, 5.41) is 48.1. The van der Waals surface area contributed by atoms with Crippen LogP contribution in [0.2, 0.25) is 0 Å². The van der Waals surface area contributed by atoms with Gasteiger partial charge < -0.3 is 98.2 Å². The minimum Gasteiger partial charge on any atom is -0.370 e. The van der Waals surface area contributed by atoms with E-state index in [4.69, 9.17) is 56.4 Å². The van der Waals surface area contributed by atoms with Crippen molar-refractivity contribution in [3.63, 3.8) is 0 Å². The molecule has 0 unspecified atom stereocenters. The highest BCUT2D eigenvalue weighted by molar-refractivity contribution is 5.98. The van der Waals surface area contributed by atoms with Crippen LogP contribution >= 0.6 is 0 Å². The molecule has 1 aliphatic rings. The van der Waals surface area contributed by atoms with Gasteiger partial charge >= 0.3 is 0 Å². The molecule has 0 aromatic heterocycles. The molecule has 0 radical (unpaired) electrons. The zero-order chi connectivity index (χ0) is 56.1. The molecular weight excluding hydrogens is 975 g/mol. The number of carbonyl (C=O) groups excluding carboxylic acids is 11. The highest BCUT2D eigenvalue weighted by atomic mass is 16.2. The molecule has 0 aliphatic carbocycles. The van der Waals surface area contributed by atoms with E-state index in [1.165, 1.54) is 18.9 Å². The molecule has 74 heavy (non-hydrogen) atoms. The minimum atomic E-state index is -1.55. The number of rotatable bonds is 36. The van der Waals surface area contributed by atoms with E-state index in [1.54, 1.807) is 0 Å². The summed E-state index contributed by atoms with van der Waals surface area (Å²) >= 11 is 0. The van der Waals surface area contributed by atoms with E-state index in [-0.39, 0.29) is 128 Å². The minimum absolute atomic E-state index is 0.0103. The molecule has 416 valence electrons. The Morgan fingerprint density at radius 1 is 0.486 bits per heavy atom. The fourth-order valence-corrected chi connectivity index (χ4v) is 7.35. The predicted octanol–water partition coefficient (Wildman–Crippen LogP) is -8.43. The van der Waals surface area contributed by atoms with Crippen LogP contribution in [0.5, 0.6) is 0 Å². The SMILES string of the molecule is CN[C@@H](C)C(=O)N[C@@H](CCC(N)=O)C(=O)N[C@@H](CCCNC(=N)N)C(=O)N[C@@H](CCCNC(=N)N)C(=O)N1CCC[C@H]1C(=O)N[C@@H](CCC(N)=O)C(=O)N[C@@H](CCCNC(=N)N)C(=O)N[C@@H](CCC(N)=O)C(N)=O. The number of hydrogen-bond donors (Lipinski definition) is 20. The third-order valence-corrected chi connectivity index (χ3v) is 11.5. The van der Waals surface area contributed by atoms with Crippen molar-refractivity contribution in [1.29, 1.82) is 16.2 Å². The van der Waals surface area contributed by atoms with E-state index in [1.807, 2.05) is 0 Å². The summed E-state index contributed by atoms with van der Waals surface area (Å²) in [5.41, 5.74) is 37.6. The van der Waals surface area contributed by atoms with Crippen LogP contribution in [-0.4, -0.2) is 169 Å². The van der Waals surface area contributed by atoms with Crippen molar-refractivity contribution in [2.75, 3.05) is 33.2 Å². The molecule has 1 heterocycles. The number of guanidine groups is 3. The first kappa shape index (κ1) is 64.0. The zero-order valence-corrected chi connectivity index (χ0v) is 41.8. The lowest BCUT2D eigenvalue weighted by atomic mass is 10.0. The Labute approximate surface area is 427 Å². The van der Waals surface area contributed by atoms with Crippen molar-refractivity contribution in [3.8, 4) is 0 Å². The largest absolute Gasteiger partial charge is 0.370 e. The number of nitrogens with one attached hydrogen (secondary N) is 13. The van der Waals surface area contributed by atoms with Gasteiger partial charge in [0, 0.05) is 45.4 Å². The maximum atomic E-state index is 14.6. The lowest BCUT2D eigenvalue weighted by Crippen LogP contribution is -2.60. The molecule has 27 N–H and O–H groups in total. The number of primary amides is 4. The van der Waals surface area contributed by atoms with Gasteiger partial charge in [-0.2, -0.15) is 0 Å². The number of hydrogen-bond acceptors (Lipinski definition) is 15. The molecule has 11 amide bonds. The van der Waals surface area contributed by atoms with E-state index in [2.05, 4.69) is 53.2 Å². The highest BCUT2D eigenvalue weighted by Gasteiger charge is 2.40. The summed E-state index contributed by atoms with van der Waals surface area (Å²) in [5.74, 6) is -10.4. The van der Waals surface area contributed by atoms with Gasteiger partial charge in [-0.1, -0.05) is 0 Å². The Bertz CT molecular complexity index is 2030. The molecular formula is C42H77N21O11. The molecule has 1 fully saturated rings. The Balaban J connectivity index is 3.58. The number of amides is 11. The quantitative estimate of drug-likeness (QED) is 0.0157. The summed E-state index contributed by atoms with van der Waals surface area (Å²) in [6.45, 7) is 1.74. The van der Waals surface area contributed by atoms with E-state index < -0.39 is 120 Å². The summed E-state index contributed by atoms with van der Waals surface area (Å²) < 4.78 is 0. The number of likely N-dealkylation sites (N-methyl/N-ethyl adjacent to an activating group) is 1. The van der Waals surface area contributed by atoms with Crippen LogP contribution in [0.4, 0.5) is 0 Å². The lowest BCUT2D eigenvalue weighted by Gasteiger charge is -2.31. The maximum absolute atomic E-state index is 14.6. The van der Waals surface area contributed by atoms with Crippen molar-refractivity contribution >= 4 is 82.9 Å². The first-order chi connectivity index (χ1) is 34.8. The second-order valence-corrected chi connectivity index (χ2v) is 17.4. The van der Waals surface area contributed by atoms with Gasteiger partial charge in [0.25, 0.3) is 0 Å². The summed E-state index contributed by atoms with van der Waals surface area (Å²) in [4.78, 5) is 145. The van der Waals surface area contributed by atoms with Gasteiger partial charge in [-0.25, -0.2) is 0 Å². The van der Waals surface area contributed by atoms with Gasteiger partial charge in [-0.3, -0.25) is 69.0 Å². The Hall–Kier alpha value is -8.06. The fraction of sp³-hybridized carbons (Fsp3) is 0.667. The molecule has 1 saturated heterocycles. The first-order valence-corrected chi connectivity index (χ1v) is 24.0. The van der Waals surface area contributed by atoms with E-state index in [9.17, 15) is 52.7 Å². The van der Waals surface area contributed by atoms with Crippen molar-refractivity contribution < 1.29 is 52.7 Å². The molecule has 8 atom stereocenters. The molecule has 0 spiro atoms. The third-order valence-electron chi connectivity index (χ3n) is 11.5. The molecule has 1 aliphatic heterocycles. The third kappa shape index (κ3) is 25.4. The second kappa shape index (κ2) is 33.6. The van der Waals surface area contributed by atoms with E-state index >= 15 is 0 Å². The summed E-state index contributed by atoms with van der Waals surface area (Å²) in [6.07, 6.45) is -1.53. The Morgan fingerprint density at radius 3 is 1.20 bits per heavy atom. The molecule has 32 heteroatoms. The topological polar surface area (TPSA) is 565 Å². The van der Waals surface area contributed by atoms with Gasteiger partial charge in [-0.05, 0) is 84.6 Å². The molecule has 0 aromatic rings. The van der Waals surface area contributed by atoms with Crippen LogP contribution in [-0.2, 0) is 52.7 Å². The average Bonchev–Trinajstić information content (AvgIpc) is 3.82. The molecule has 0 bridgehead atoms. The van der Waals surface area contributed by atoms with Crippen molar-refractivity contribution in [2.24, 2.45) is 40.1 Å². The summed E-state index contributed by atoms with van der Waals surface area (Å²) in [6, 6.07) is -10.5. The second-order valence-electron chi connectivity index (χ2n) is 17.4. The van der Waals surface area contributed by atoms with Crippen LogP contribution in [0.1, 0.15) is 96.8 Å². The lowest BCUT2D eigenvalue weighted by molar-refractivity contribution is -0.143. The van der Waals surface area contributed by atoms with Gasteiger partial charge in [0.1, 0.15) is 42.3 Å². The van der Waals surface area contributed by atoms with Gasteiger partial charge in [0.05, 0.1) is 6.04 Å². The number of carbonyl (C=O) groups is 11. The first-order valence-electron chi connectivity index (χ1n) is 24.0. The van der Waals surface area contributed by atoms with Crippen molar-refractivity contribution in [2.45, 2.75) is 145 Å². The van der Waals surface area contributed by atoms with Gasteiger partial charge in [0.15, 0.2) is 17.9 Å². The molecule has 32 nitrogen and oxygen atoms in total. The molecule has 0 aromatic carbocycles. The normalized spacial score (nSPS) is 15.6. The van der Waals surface area contributed by atoms with E-state index in [0.717, 1.165) is 0 Å². The van der Waals surface area contributed by atoms with Crippen LogP contribution in [0.3, 0.4) is 0 Å². The van der Waals surface area contributed by atoms with Gasteiger partial charge in [0.2, 0.25) is 65.0 Å². The number of nitrogens with two attached hydrogens (primary N) is 7. The van der Waals surface area contributed by atoms with Crippen LogP contribution in [0.15, 0.2) is 0 Å². The fourth-order valence-electron chi connectivity index (χ4n) is 7.35. The van der Waals surface area contributed by atoms with E-state index in [0.29, 0.717) is 0 Å². The standard InChI is InChI=1S/C42H77N21O11/c1-21(53-2)33(68)58-25(12-15-30(44)65)36(71)60-24(8-4-18-55-41(49)50)35(70)62-27(9-5-19-56-42(51)52)39(74)63-20-6-10-28(63)38(73)61-26(13-16-31(45)66)37(72)59-23(7-3-17-54-40(47)48)34(69)57-22(32(46)67)11-14-29(43)64/h21-28,53H,3-20H2,1-2H3,(H2,43,64)(H2,44,65)(H2,45,66)(H2,46,67)(H,57,69)(H,58,68)(H,59,72)(H,60,71)(H,61,73)(H,62,70)(H4,47,48,54)(H4,49,50,55)(H4,51,52,56)/t21-,22-,23-,24-,25-,26-,27-,28-/m0/s1. The smallest absolute Gasteiger partial charge is 0.245 e. The molecule has 1 rings (SSSR count). The average molecular weight is 1050 g/mol. The predicted molar refractivity (Wildman–Crippen MR) is 267 cm³/mol. The van der Waals surface area contributed by atoms with Crippen molar-refractivity contribution in [3.05, 3.63) is 0 Å². The van der Waals surface area contributed by atoms with Crippen LogP contribution in [0, 0.1) is 16.2 Å². The Morgan fingerprint density at radius 2 is 0.824 bits per heavy atom. The van der Waals surface area contributed by atoms with Crippen LogP contribution < -0.4 is 93.3 Å². The molecule has 0 saturated carbocycles. The summed E-state index contributed by atoms with van der Waals surface area (Å²) in [7, 11) is 1.51. The Kier molecular flexibility index (Phi) is 29.0. The van der Waals surface area contributed by atoms with Crippen LogP contribution in [0.25, 0.3) is 0 Å². The zero-order valence-electron chi connectivity index (χ0n) is 41.8.